The van der Waals surface area contributed by atoms with Crippen LogP contribution in [-0.2, 0) is 15.6 Å². The maximum atomic E-state index is 11.8. The number of carbonyl (C=O) groups excluding carboxylic acids is 1. The van der Waals surface area contributed by atoms with E-state index in [4.69, 9.17) is 4.74 Å². The van der Waals surface area contributed by atoms with Crippen molar-refractivity contribution in [1.82, 2.24) is 4.98 Å². The molecule has 1 aromatic heterocycles. The summed E-state index contributed by atoms with van der Waals surface area (Å²) in [4.78, 5) is 16.2. The van der Waals surface area contributed by atoms with Crippen LogP contribution < -0.4 is 0 Å². The van der Waals surface area contributed by atoms with E-state index >= 15 is 0 Å². The minimum atomic E-state index is -0.429. The lowest BCUT2D eigenvalue weighted by Crippen LogP contribution is -2.33. The van der Waals surface area contributed by atoms with Gasteiger partial charge in [-0.25, -0.2) is 9.78 Å². The van der Waals surface area contributed by atoms with E-state index in [1.54, 1.807) is 12.3 Å². The van der Waals surface area contributed by atoms with Crippen molar-refractivity contribution in [2.24, 2.45) is 0 Å². The van der Waals surface area contributed by atoms with Gasteiger partial charge in [-0.1, -0.05) is 94.4 Å². The van der Waals surface area contributed by atoms with Gasteiger partial charge < -0.3 is 4.74 Å². The van der Waals surface area contributed by atoms with Crippen LogP contribution in [0.5, 0.6) is 0 Å². The van der Waals surface area contributed by atoms with Crippen molar-refractivity contribution in [2.45, 2.75) is 51.4 Å². The zero-order valence-electron chi connectivity index (χ0n) is 21.8. The minimum absolute atomic E-state index is 0.138. The van der Waals surface area contributed by atoms with Gasteiger partial charge in [-0.3, -0.25) is 0 Å². The normalized spacial score (nSPS) is 15.7. The second kappa shape index (κ2) is 9.05. The Hall–Kier alpha value is -3.72. The van der Waals surface area contributed by atoms with Gasteiger partial charge in [-0.2, -0.15) is 0 Å². The number of ether oxygens (including phenoxy) is 1. The van der Waals surface area contributed by atoms with Gasteiger partial charge in [0.1, 0.15) is 5.69 Å². The number of aromatic nitrogens is 1. The molecule has 0 fully saturated rings. The molecule has 0 aliphatic heterocycles. The third kappa shape index (κ3) is 4.35. The van der Waals surface area contributed by atoms with Crippen LogP contribution in [0.3, 0.4) is 0 Å². The molecule has 0 radical (unpaired) electrons. The van der Waals surface area contributed by atoms with Gasteiger partial charge in [-0.05, 0) is 74.7 Å². The Bertz CT molecular complexity index is 1420. The summed E-state index contributed by atoms with van der Waals surface area (Å²) in [6.45, 7) is 9.46. The average Bonchev–Trinajstić information content (AvgIpc) is 2.91. The number of hydrogen-bond donors (Lipinski definition) is 0. The molecule has 3 heteroatoms. The van der Waals surface area contributed by atoms with Crippen LogP contribution in [0, 0.1) is 0 Å². The van der Waals surface area contributed by atoms with Crippen LogP contribution in [-0.4, -0.2) is 18.1 Å². The van der Waals surface area contributed by atoms with E-state index in [-0.39, 0.29) is 10.8 Å². The summed E-state index contributed by atoms with van der Waals surface area (Å²) < 4.78 is 4.80. The molecule has 3 nitrogen and oxygen atoms in total. The topological polar surface area (TPSA) is 39.2 Å². The van der Waals surface area contributed by atoms with Crippen molar-refractivity contribution in [3.05, 3.63) is 102 Å². The molecular weight excluding hydrogens is 442 g/mol. The molecule has 5 rings (SSSR count). The van der Waals surface area contributed by atoms with Crippen LogP contribution in [0.2, 0.25) is 0 Å². The van der Waals surface area contributed by atoms with Crippen molar-refractivity contribution in [3.63, 3.8) is 0 Å². The van der Waals surface area contributed by atoms with Gasteiger partial charge in [0, 0.05) is 11.8 Å². The fraction of sp³-hybridized carbons (Fsp3) is 0.273. The third-order valence-electron chi connectivity index (χ3n) is 7.76. The highest BCUT2D eigenvalue weighted by Crippen LogP contribution is 2.47. The zero-order chi connectivity index (χ0) is 25.5. The van der Waals surface area contributed by atoms with E-state index in [2.05, 4.69) is 99.4 Å². The monoisotopic (exact) mass is 475 g/mol. The highest BCUT2D eigenvalue weighted by Gasteiger charge is 2.37. The third-order valence-corrected chi connectivity index (χ3v) is 7.76. The largest absolute Gasteiger partial charge is 0.464 e. The lowest BCUT2D eigenvalue weighted by molar-refractivity contribution is 0.0594. The molecule has 1 aliphatic rings. The number of pyridine rings is 1. The number of methoxy groups -OCH3 is 1. The van der Waals surface area contributed by atoms with Crippen molar-refractivity contribution >= 4 is 5.97 Å². The molecule has 1 aliphatic carbocycles. The molecule has 0 atom stereocenters. The molecule has 182 valence electrons. The fourth-order valence-corrected chi connectivity index (χ4v) is 5.38. The molecule has 0 bridgehead atoms. The first-order chi connectivity index (χ1) is 17.2. The number of rotatable bonds is 4. The summed E-state index contributed by atoms with van der Waals surface area (Å²) in [5, 5.41) is 0. The molecule has 36 heavy (non-hydrogen) atoms. The fourth-order valence-electron chi connectivity index (χ4n) is 5.38. The minimum Gasteiger partial charge on any atom is -0.464 e. The number of nitrogens with zero attached hydrogens (tertiary/aromatic N) is 1. The Labute approximate surface area is 214 Å². The van der Waals surface area contributed by atoms with E-state index in [0.29, 0.717) is 5.69 Å². The Morgan fingerprint density at radius 2 is 1.36 bits per heavy atom. The summed E-state index contributed by atoms with van der Waals surface area (Å²) in [6.07, 6.45) is 4.12. The lowest BCUT2D eigenvalue weighted by atomic mass is 9.63. The summed E-state index contributed by atoms with van der Waals surface area (Å²) in [5.41, 5.74) is 10.4. The molecule has 0 unspecified atom stereocenters. The summed E-state index contributed by atoms with van der Waals surface area (Å²) in [6, 6.07) is 27.8. The lowest BCUT2D eigenvalue weighted by Gasteiger charge is -2.42. The zero-order valence-corrected chi connectivity index (χ0v) is 21.8. The summed E-state index contributed by atoms with van der Waals surface area (Å²) >= 11 is 0. The number of benzene rings is 3. The predicted molar refractivity (Wildman–Crippen MR) is 147 cm³/mol. The molecule has 0 saturated carbocycles. The molecule has 3 aromatic carbocycles. The van der Waals surface area contributed by atoms with Gasteiger partial charge in [-0.15, -0.1) is 0 Å². The predicted octanol–water partition coefficient (Wildman–Crippen LogP) is 8.22. The second-order valence-electron chi connectivity index (χ2n) is 11.1. The Morgan fingerprint density at radius 1 is 0.694 bits per heavy atom. The number of hydrogen-bond acceptors (Lipinski definition) is 3. The van der Waals surface area contributed by atoms with E-state index in [1.165, 1.54) is 53.3 Å². The summed E-state index contributed by atoms with van der Waals surface area (Å²) in [5.74, 6) is -0.429. The molecule has 0 saturated heterocycles. The van der Waals surface area contributed by atoms with Crippen LogP contribution in [0.15, 0.2) is 85.1 Å². The highest BCUT2D eigenvalue weighted by atomic mass is 16.5. The number of carbonyl (C=O) groups is 1. The van der Waals surface area contributed by atoms with Gasteiger partial charge in [0.25, 0.3) is 0 Å². The molecular formula is C33H33NO2. The van der Waals surface area contributed by atoms with Crippen molar-refractivity contribution in [1.29, 1.82) is 0 Å². The van der Waals surface area contributed by atoms with Gasteiger partial charge in [0.15, 0.2) is 0 Å². The van der Waals surface area contributed by atoms with Crippen molar-refractivity contribution in [2.75, 3.05) is 7.11 Å². The van der Waals surface area contributed by atoms with Gasteiger partial charge >= 0.3 is 5.97 Å². The Morgan fingerprint density at radius 3 is 2.03 bits per heavy atom. The van der Waals surface area contributed by atoms with E-state index in [9.17, 15) is 4.79 Å². The van der Waals surface area contributed by atoms with Crippen LogP contribution in [0.4, 0.5) is 0 Å². The molecule has 0 spiro atoms. The van der Waals surface area contributed by atoms with Crippen LogP contribution >= 0.6 is 0 Å². The molecule has 1 heterocycles. The SMILES string of the molecule is COC(=O)c1ccc(-c2ccc(-c3ccccc3)c(-c3ccc4c(c3)C(C)(C)CCC4(C)C)c2)cn1. The molecule has 4 aromatic rings. The van der Waals surface area contributed by atoms with Crippen molar-refractivity contribution < 1.29 is 9.53 Å². The Balaban J connectivity index is 1.67. The van der Waals surface area contributed by atoms with E-state index in [1.807, 2.05) is 6.07 Å². The number of fused-ring (bicyclic) bond motifs is 1. The Kier molecular flexibility index (Phi) is 6.04. The standard InChI is InChI=1S/C33H33NO2/c1-32(2)17-18-33(3,4)29-20-24(12-15-28(29)32)27-19-23(11-14-26(27)22-9-7-6-8-10-22)25-13-16-30(34-21-25)31(35)36-5/h6-16,19-21H,17-18H2,1-5H3. The van der Waals surface area contributed by atoms with Gasteiger partial charge in [0.2, 0.25) is 0 Å². The second-order valence-corrected chi connectivity index (χ2v) is 11.1. The van der Waals surface area contributed by atoms with Gasteiger partial charge in [0.05, 0.1) is 7.11 Å². The number of esters is 1. The molecule has 0 amide bonds. The van der Waals surface area contributed by atoms with E-state index < -0.39 is 5.97 Å². The quantitative estimate of drug-likeness (QED) is 0.279. The maximum Gasteiger partial charge on any atom is 0.356 e. The first kappa shape index (κ1) is 24.0. The average molecular weight is 476 g/mol. The molecule has 0 N–H and O–H groups in total. The van der Waals surface area contributed by atoms with Crippen LogP contribution in [0.1, 0.15) is 62.2 Å². The first-order valence-electron chi connectivity index (χ1n) is 12.6. The van der Waals surface area contributed by atoms with Crippen LogP contribution in [0.25, 0.3) is 33.4 Å². The summed E-state index contributed by atoms with van der Waals surface area (Å²) in [7, 11) is 1.37. The first-order valence-corrected chi connectivity index (χ1v) is 12.6. The smallest absolute Gasteiger partial charge is 0.356 e. The maximum absolute atomic E-state index is 11.8. The van der Waals surface area contributed by atoms with Crippen molar-refractivity contribution in [3.8, 4) is 33.4 Å². The highest BCUT2D eigenvalue weighted by molar-refractivity contribution is 5.89. The van der Waals surface area contributed by atoms with E-state index in [0.717, 1.165) is 11.1 Å².